The number of hydrogen-bond acceptors (Lipinski definition) is 1. The van der Waals surface area contributed by atoms with Crippen LogP contribution in [0.4, 0.5) is 0 Å². The number of alkyl halides is 1. The molecule has 1 aromatic rings. The van der Waals surface area contributed by atoms with E-state index in [1.54, 1.807) is 0 Å². The van der Waals surface area contributed by atoms with E-state index in [2.05, 4.69) is 31.9 Å². The summed E-state index contributed by atoms with van der Waals surface area (Å²) >= 11 is 12.8. The van der Waals surface area contributed by atoms with E-state index in [9.17, 15) is 4.79 Å². The molecule has 1 unspecified atom stereocenters. The highest BCUT2D eigenvalue weighted by Gasteiger charge is 2.28. The van der Waals surface area contributed by atoms with Gasteiger partial charge >= 0.3 is 0 Å². The summed E-state index contributed by atoms with van der Waals surface area (Å²) in [5.41, 5.74) is 1.10. The first-order valence-corrected chi connectivity index (χ1v) is 7.67. The predicted molar refractivity (Wildman–Crippen MR) is 76.5 cm³/mol. The fourth-order valence-electron chi connectivity index (χ4n) is 1.97. The number of hydrogen-bond donors (Lipinski definition) is 0. The van der Waals surface area contributed by atoms with Crippen molar-refractivity contribution < 1.29 is 4.79 Å². The van der Waals surface area contributed by atoms with Crippen molar-refractivity contribution in [3.05, 3.63) is 33.3 Å². The summed E-state index contributed by atoms with van der Waals surface area (Å²) in [7, 11) is 0. The van der Waals surface area contributed by atoms with Crippen LogP contribution in [0, 0.1) is 5.92 Å². The molecule has 92 valence electrons. The highest BCUT2D eigenvalue weighted by atomic mass is 79.9. The fraction of sp³-hybridized carbons (Fsp3) is 0.417. The summed E-state index contributed by atoms with van der Waals surface area (Å²) < 4.78 is 0.875. The second kappa shape index (κ2) is 5.72. The van der Waals surface area contributed by atoms with Gasteiger partial charge in [0.05, 0.1) is 5.02 Å². The largest absolute Gasteiger partial charge is 0.338 e. The maximum absolute atomic E-state index is 11.8. The van der Waals surface area contributed by atoms with Gasteiger partial charge in [-0.25, -0.2) is 0 Å². The Balaban J connectivity index is 2.06. The van der Waals surface area contributed by atoms with E-state index >= 15 is 0 Å². The molecule has 0 N–H and O–H groups in total. The molecule has 2 rings (SSSR count). The Hall–Kier alpha value is -0.0600. The van der Waals surface area contributed by atoms with Crippen molar-refractivity contribution in [1.29, 1.82) is 0 Å². The first-order chi connectivity index (χ1) is 8.10. The summed E-state index contributed by atoms with van der Waals surface area (Å²) in [5, 5.41) is 1.58. The third-order valence-electron chi connectivity index (χ3n) is 2.87. The Morgan fingerprint density at radius 3 is 2.82 bits per heavy atom. The molecule has 1 atom stereocenters. The maximum atomic E-state index is 11.8. The lowest BCUT2D eigenvalue weighted by Crippen LogP contribution is -2.24. The summed E-state index contributed by atoms with van der Waals surface area (Å²) in [6.45, 7) is 1.50. The molecule has 1 amide bonds. The smallest absolute Gasteiger partial charge is 0.223 e. The van der Waals surface area contributed by atoms with Gasteiger partial charge in [-0.15, -0.1) is 0 Å². The van der Waals surface area contributed by atoms with Gasteiger partial charge in [0.1, 0.15) is 0 Å². The maximum Gasteiger partial charge on any atom is 0.223 e. The molecule has 0 aliphatic carbocycles. The third kappa shape index (κ3) is 3.24. The first-order valence-electron chi connectivity index (χ1n) is 5.38. The number of carbonyl (C=O) groups excluding carboxylic acids is 1. The van der Waals surface area contributed by atoms with Gasteiger partial charge in [0.15, 0.2) is 0 Å². The lowest BCUT2D eigenvalue weighted by atomic mass is 10.2. The SMILES string of the molecule is O=C1CC(CBr)CN1Cc1ccc(Cl)c(Br)c1. The van der Waals surface area contributed by atoms with Crippen LogP contribution < -0.4 is 0 Å². The van der Waals surface area contributed by atoms with Crippen LogP contribution in [-0.2, 0) is 11.3 Å². The second-order valence-electron chi connectivity index (χ2n) is 4.25. The van der Waals surface area contributed by atoms with E-state index in [4.69, 9.17) is 11.6 Å². The van der Waals surface area contributed by atoms with Crippen molar-refractivity contribution in [2.75, 3.05) is 11.9 Å². The molecule has 1 aliphatic heterocycles. The minimum Gasteiger partial charge on any atom is -0.338 e. The van der Waals surface area contributed by atoms with Crippen LogP contribution in [0.5, 0.6) is 0 Å². The molecule has 1 aromatic carbocycles. The Kier molecular flexibility index (Phi) is 4.50. The Morgan fingerprint density at radius 2 is 2.24 bits per heavy atom. The molecular formula is C12H12Br2ClNO. The summed E-state index contributed by atoms with van der Waals surface area (Å²) in [5.74, 6) is 0.679. The zero-order chi connectivity index (χ0) is 12.4. The summed E-state index contributed by atoms with van der Waals surface area (Å²) in [4.78, 5) is 13.7. The number of nitrogens with zero attached hydrogens (tertiary/aromatic N) is 1. The molecule has 0 spiro atoms. The van der Waals surface area contributed by atoms with Crippen LogP contribution in [0.25, 0.3) is 0 Å². The third-order valence-corrected chi connectivity index (χ3v) is 5.00. The lowest BCUT2D eigenvalue weighted by Gasteiger charge is -2.16. The zero-order valence-corrected chi connectivity index (χ0v) is 13.1. The van der Waals surface area contributed by atoms with E-state index < -0.39 is 0 Å². The molecule has 17 heavy (non-hydrogen) atoms. The molecule has 0 aromatic heterocycles. The van der Waals surface area contributed by atoms with Gasteiger partial charge in [0.2, 0.25) is 5.91 Å². The van der Waals surface area contributed by atoms with Crippen molar-refractivity contribution in [3.8, 4) is 0 Å². The van der Waals surface area contributed by atoms with Gasteiger partial charge in [-0.2, -0.15) is 0 Å². The van der Waals surface area contributed by atoms with Crippen LogP contribution in [0.3, 0.4) is 0 Å². The number of likely N-dealkylation sites (tertiary alicyclic amines) is 1. The van der Waals surface area contributed by atoms with Gasteiger partial charge in [0, 0.05) is 29.3 Å². The van der Waals surface area contributed by atoms with Crippen LogP contribution in [0.2, 0.25) is 5.02 Å². The van der Waals surface area contributed by atoms with Crippen LogP contribution in [0.15, 0.2) is 22.7 Å². The zero-order valence-electron chi connectivity index (χ0n) is 9.13. The first kappa shape index (κ1) is 13.4. The molecule has 0 saturated carbocycles. The average molecular weight is 381 g/mol. The topological polar surface area (TPSA) is 20.3 Å². The number of rotatable bonds is 3. The van der Waals surface area contributed by atoms with Crippen LogP contribution >= 0.6 is 43.5 Å². The molecule has 0 bridgehead atoms. The summed E-state index contributed by atoms with van der Waals surface area (Å²) in [6, 6.07) is 5.78. The average Bonchev–Trinajstić information content (AvgIpc) is 2.65. The highest BCUT2D eigenvalue weighted by Crippen LogP contribution is 2.26. The standard InChI is InChI=1S/C12H12Br2ClNO/c13-5-9-4-12(17)16(7-9)6-8-1-2-11(15)10(14)3-8/h1-3,9H,4-7H2. The second-order valence-corrected chi connectivity index (χ2v) is 6.16. The van der Waals surface area contributed by atoms with Crippen molar-refractivity contribution in [2.45, 2.75) is 13.0 Å². The predicted octanol–water partition coefficient (Wildman–Crippen LogP) is 3.85. The molecule has 1 heterocycles. The molecule has 1 saturated heterocycles. The van der Waals surface area contributed by atoms with Crippen molar-refractivity contribution >= 4 is 49.4 Å². The van der Waals surface area contributed by atoms with Gasteiger partial charge < -0.3 is 4.90 Å². The van der Waals surface area contributed by atoms with Gasteiger partial charge in [0.25, 0.3) is 0 Å². The molecule has 0 radical (unpaired) electrons. The Morgan fingerprint density at radius 1 is 1.47 bits per heavy atom. The molecule has 5 heteroatoms. The normalized spacial score (nSPS) is 20.1. The van der Waals surface area contributed by atoms with Crippen molar-refractivity contribution in [1.82, 2.24) is 4.90 Å². The monoisotopic (exact) mass is 379 g/mol. The molecule has 1 fully saturated rings. The van der Waals surface area contributed by atoms with Gasteiger partial charge in [-0.3, -0.25) is 4.79 Å². The molecule has 1 aliphatic rings. The fourth-order valence-corrected chi connectivity index (χ4v) is 2.95. The van der Waals surface area contributed by atoms with E-state index in [1.807, 2.05) is 23.1 Å². The highest BCUT2D eigenvalue weighted by molar-refractivity contribution is 9.10. The van der Waals surface area contributed by atoms with E-state index in [1.165, 1.54) is 0 Å². The molecular weight excluding hydrogens is 369 g/mol. The van der Waals surface area contributed by atoms with Crippen molar-refractivity contribution in [2.24, 2.45) is 5.92 Å². The number of benzene rings is 1. The minimum atomic E-state index is 0.237. The Labute approximate surface area is 123 Å². The lowest BCUT2D eigenvalue weighted by molar-refractivity contribution is -0.128. The number of carbonyl (C=O) groups is 1. The summed E-state index contributed by atoms with van der Waals surface area (Å²) in [6.07, 6.45) is 0.653. The van der Waals surface area contributed by atoms with E-state index in [0.717, 1.165) is 21.9 Å². The van der Waals surface area contributed by atoms with Crippen molar-refractivity contribution in [3.63, 3.8) is 0 Å². The minimum absolute atomic E-state index is 0.237. The van der Waals surface area contributed by atoms with E-state index in [0.29, 0.717) is 23.9 Å². The van der Waals surface area contributed by atoms with Crippen LogP contribution in [0.1, 0.15) is 12.0 Å². The van der Waals surface area contributed by atoms with E-state index in [-0.39, 0.29) is 5.91 Å². The molecule has 2 nitrogen and oxygen atoms in total. The van der Waals surface area contributed by atoms with Gasteiger partial charge in [-0.1, -0.05) is 33.6 Å². The number of halogens is 3. The quantitative estimate of drug-likeness (QED) is 0.729. The number of amides is 1. The Bertz CT molecular complexity index is 439. The van der Waals surface area contributed by atoms with Crippen LogP contribution in [-0.4, -0.2) is 22.7 Å². The van der Waals surface area contributed by atoms with Gasteiger partial charge in [-0.05, 0) is 39.5 Å².